The van der Waals surface area contributed by atoms with E-state index < -0.39 is 0 Å². The third-order valence-electron chi connectivity index (χ3n) is 5.33. The summed E-state index contributed by atoms with van der Waals surface area (Å²) in [5.41, 5.74) is 1.81. The molecule has 3 fully saturated rings. The molecule has 2 aliphatic carbocycles. The van der Waals surface area contributed by atoms with Crippen LogP contribution in [0.4, 0.5) is 0 Å². The van der Waals surface area contributed by atoms with Crippen LogP contribution in [-0.4, -0.2) is 49.6 Å². The average molecular weight is 234 g/mol. The van der Waals surface area contributed by atoms with Gasteiger partial charge in [0.15, 0.2) is 0 Å². The van der Waals surface area contributed by atoms with Crippen LogP contribution in [0.1, 0.15) is 26.2 Å². The van der Waals surface area contributed by atoms with E-state index in [2.05, 4.69) is 29.8 Å². The second-order valence-electron chi connectivity index (χ2n) is 6.27. The van der Waals surface area contributed by atoms with E-state index in [-0.39, 0.29) is 0 Å². The van der Waals surface area contributed by atoms with Crippen LogP contribution < -0.4 is 0 Å². The third-order valence-corrected chi connectivity index (χ3v) is 5.33. The number of allylic oxidation sites excluding steroid dienone is 1. The summed E-state index contributed by atoms with van der Waals surface area (Å²) >= 11 is 0. The Labute approximate surface area is 106 Å². The van der Waals surface area contributed by atoms with Gasteiger partial charge in [0.2, 0.25) is 0 Å². The van der Waals surface area contributed by atoms with Gasteiger partial charge in [0.25, 0.3) is 0 Å². The summed E-state index contributed by atoms with van der Waals surface area (Å²) in [6.45, 7) is 8.67. The first-order chi connectivity index (χ1) is 8.28. The van der Waals surface area contributed by atoms with Crippen LogP contribution in [0.15, 0.2) is 11.6 Å². The zero-order valence-corrected chi connectivity index (χ0v) is 11.4. The molecular formula is C15H26N2. The maximum atomic E-state index is 2.70. The molecule has 2 bridgehead atoms. The zero-order chi connectivity index (χ0) is 11.8. The van der Waals surface area contributed by atoms with Crippen LogP contribution >= 0.6 is 0 Å². The SMILES string of the molecule is C/C=C1/C2CCC(C2)C1CN1CCN(C)CC1. The Morgan fingerprint density at radius 1 is 1.18 bits per heavy atom. The van der Waals surface area contributed by atoms with Gasteiger partial charge >= 0.3 is 0 Å². The fourth-order valence-corrected chi connectivity index (χ4v) is 4.27. The molecule has 1 heterocycles. The fraction of sp³-hybridized carbons (Fsp3) is 0.867. The van der Waals surface area contributed by atoms with Crippen molar-refractivity contribution in [3.63, 3.8) is 0 Å². The van der Waals surface area contributed by atoms with Gasteiger partial charge in [0, 0.05) is 32.7 Å². The molecule has 0 amide bonds. The summed E-state index contributed by atoms with van der Waals surface area (Å²) in [6, 6.07) is 0. The molecule has 2 heteroatoms. The van der Waals surface area contributed by atoms with E-state index in [1.54, 1.807) is 5.57 Å². The fourth-order valence-electron chi connectivity index (χ4n) is 4.27. The van der Waals surface area contributed by atoms with E-state index in [9.17, 15) is 0 Å². The first-order valence-electron chi connectivity index (χ1n) is 7.35. The van der Waals surface area contributed by atoms with Gasteiger partial charge < -0.3 is 9.80 Å². The van der Waals surface area contributed by atoms with Gasteiger partial charge in [-0.1, -0.05) is 11.6 Å². The largest absolute Gasteiger partial charge is 0.304 e. The van der Waals surface area contributed by atoms with Crippen LogP contribution in [0.25, 0.3) is 0 Å². The highest BCUT2D eigenvalue weighted by Crippen LogP contribution is 2.52. The Kier molecular flexibility index (Phi) is 3.27. The summed E-state index contributed by atoms with van der Waals surface area (Å²) in [5.74, 6) is 2.88. The second-order valence-corrected chi connectivity index (χ2v) is 6.27. The van der Waals surface area contributed by atoms with Crippen LogP contribution in [0, 0.1) is 17.8 Å². The van der Waals surface area contributed by atoms with Gasteiger partial charge in [-0.2, -0.15) is 0 Å². The molecule has 96 valence electrons. The number of rotatable bonds is 2. The van der Waals surface area contributed by atoms with E-state index >= 15 is 0 Å². The Morgan fingerprint density at radius 2 is 1.94 bits per heavy atom. The first-order valence-corrected chi connectivity index (χ1v) is 7.35. The Bertz CT molecular complexity index is 302. The molecule has 3 rings (SSSR count). The smallest absolute Gasteiger partial charge is 0.0110 e. The molecule has 3 atom stereocenters. The summed E-state index contributed by atoms with van der Waals surface area (Å²) in [7, 11) is 2.24. The molecule has 0 N–H and O–H groups in total. The Balaban J connectivity index is 1.61. The molecule has 0 aromatic heterocycles. The van der Waals surface area contributed by atoms with Crippen LogP contribution in [0.5, 0.6) is 0 Å². The molecule has 0 radical (unpaired) electrons. The number of likely N-dealkylation sites (N-methyl/N-ethyl adjacent to an activating group) is 1. The minimum Gasteiger partial charge on any atom is -0.304 e. The molecule has 0 spiro atoms. The van der Waals surface area contributed by atoms with Gasteiger partial charge in [-0.15, -0.1) is 0 Å². The monoisotopic (exact) mass is 234 g/mol. The van der Waals surface area contributed by atoms with E-state index in [0.717, 1.165) is 17.8 Å². The molecular weight excluding hydrogens is 208 g/mol. The third kappa shape index (κ3) is 2.17. The van der Waals surface area contributed by atoms with E-state index in [4.69, 9.17) is 0 Å². The van der Waals surface area contributed by atoms with Crippen LogP contribution in [0.3, 0.4) is 0 Å². The van der Waals surface area contributed by atoms with Crippen LogP contribution in [0.2, 0.25) is 0 Å². The van der Waals surface area contributed by atoms with Gasteiger partial charge in [0.05, 0.1) is 0 Å². The van der Waals surface area contributed by atoms with E-state index in [1.165, 1.54) is 52.0 Å². The van der Waals surface area contributed by atoms with Crippen molar-refractivity contribution in [2.75, 3.05) is 39.8 Å². The quantitative estimate of drug-likeness (QED) is 0.676. The van der Waals surface area contributed by atoms with Crippen molar-refractivity contribution in [2.24, 2.45) is 17.8 Å². The van der Waals surface area contributed by atoms with Crippen molar-refractivity contribution in [1.82, 2.24) is 9.80 Å². The lowest BCUT2D eigenvalue weighted by molar-refractivity contribution is 0.131. The molecule has 17 heavy (non-hydrogen) atoms. The normalized spacial score (nSPS) is 41.5. The topological polar surface area (TPSA) is 6.48 Å². The molecule has 2 saturated carbocycles. The number of nitrogens with zero attached hydrogens (tertiary/aromatic N) is 2. The maximum Gasteiger partial charge on any atom is 0.0110 e. The average Bonchev–Trinajstić information content (AvgIpc) is 2.92. The number of hydrogen-bond acceptors (Lipinski definition) is 2. The predicted octanol–water partition coefficient (Wildman–Crippen LogP) is 2.23. The number of piperazine rings is 1. The molecule has 3 aliphatic rings. The van der Waals surface area contributed by atoms with Crippen molar-refractivity contribution in [3.05, 3.63) is 11.6 Å². The molecule has 1 saturated heterocycles. The lowest BCUT2D eigenvalue weighted by Crippen LogP contribution is -2.46. The highest BCUT2D eigenvalue weighted by Gasteiger charge is 2.43. The molecule has 3 unspecified atom stereocenters. The standard InChI is InChI=1S/C15H26N2/c1-3-14-12-4-5-13(10-12)15(14)11-17-8-6-16(2)7-9-17/h3,12-13,15H,4-11H2,1-2H3/b14-3-. The van der Waals surface area contributed by atoms with E-state index in [0.29, 0.717) is 0 Å². The van der Waals surface area contributed by atoms with Gasteiger partial charge in [-0.25, -0.2) is 0 Å². The van der Waals surface area contributed by atoms with Gasteiger partial charge in [0.1, 0.15) is 0 Å². The second kappa shape index (κ2) is 4.74. The molecule has 1 aliphatic heterocycles. The van der Waals surface area contributed by atoms with E-state index in [1.807, 2.05) is 0 Å². The van der Waals surface area contributed by atoms with Crippen molar-refractivity contribution in [3.8, 4) is 0 Å². The minimum atomic E-state index is 0.905. The summed E-state index contributed by atoms with van der Waals surface area (Å²) in [4.78, 5) is 5.16. The highest BCUT2D eigenvalue weighted by atomic mass is 15.2. The van der Waals surface area contributed by atoms with Gasteiger partial charge in [-0.05, 0) is 51.0 Å². The van der Waals surface area contributed by atoms with Gasteiger partial charge in [-0.3, -0.25) is 0 Å². The minimum absolute atomic E-state index is 0.905. The number of hydrogen-bond donors (Lipinski definition) is 0. The molecule has 2 nitrogen and oxygen atoms in total. The first kappa shape index (κ1) is 11.7. The lowest BCUT2D eigenvalue weighted by Gasteiger charge is -2.36. The van der Waals surface area contributed by atoms with Crippen LogP contribution in [-0.2, 0) is 0 Å². The molecule has 0 aromatic rings. The molecule has 0 aromatic carbocycles. The Morgan fingerprint density at radius 3 is 2.65 bits per heavy atom. The summed E-state index contributed by atoms with van der Waals surface area (Å²) < 4.78 is 0. The highest BCUT2D eigenvalue weighted by molar-refractivity contribution is 5.21. The zero-order valence-electron chi connectivity index (χ0n) is 11.4. The Hall–Kier alpha value is -0.340. The van der Waals surface area contributed by atoms with Crippen molar-refractivity contribution >= 4 is 0 Å². The maximum absolute atomic E-state index is 2.70. The lowest BCUT2D eigenvalue weighted by atomic mass is 9.83. The van der Waals surface area contributed by atoms with Crippen molar-refractivity contribution < 1.29 is 0 Å². The van der Waals surface area contributed by atoms with Crippen molar-refractivity contribution in [1.29, 1.82) is 0 Å². The summed E-state index contributed by atoms with van der Waals surface area (Å²) in [6.07, 6.45) is 6.91. The van der Waals surface area contributed by atoms with Crippen molar-refractivity contribution in [2.45, 2.75) is 26.2 Å². The number of fused-ring (bicyclic) bond motifs is 2. The summed E-state index contributed by atoms with van der Waals surface area (Å²) in [5, 5.41) is 0. The predicted molar refractivity (Wildman–Crippen MR) is 72.0 cm³/mol.